The van der Waals surface area contributed by atoms with Crippen LogP contribution in [0, 0.1) is 17.3 Å². The standard InChI is InChI=1S/C15H27NO3/c1-10-7-15(2,3)6-5-12(10)16(4)13-9-19-8-11(13)14(17)18/h10-13H,5-9H2,1-4H3,(H,17,18). The Hall–Kier alpha value is -0.610. The molecule has 2 rings (SSSR count). The minimum atomic E-state index is -0.724. The van der Waals surface area contributed by atoms with E-state index in [1.165, 1.54) is 12.8 Å². The monoisotopic (exact) mass is 269 g/mol. The lowest BCUT2D eigenvalue weighted by atomic mass is 9.70. The van der Waals surface area contributed by atoms with E-state index in [2.05, 4.69) is 32.7 Å². The van der Waals surface area contributed by atoms with Gasteiger partial charge in [-0.25, -0.2) is 0 Å². The van der Waals surface area contributed by atoms with Crippen LogP contribution in [0.4, 0.5) is 0 Å². The van der Waals surface area contributed by atoms with Crippen molar-refractivity contribution in [2.75, 3.05) is 20.3 Å². The lowest BCUT2D eigenvalue weighted by Gasteiger charge is -2.45. The van der Waals surface area contributed by atoms with Crippen molar-refractivity contribution in [3.8, 4) is 0 Å². The molecule has 4 heteroatoms. The van der Waals surface area contributed by atoms with Crippen molar-refractivity contribution in [2.24, 2.45) is 17.3 Å². The van der Waals surface area contributed by atoms with Gasteiger partial charge in [0, 0.05) is 12.1 Å². The van der Waals surface area contributed by atoms with Gasteiger partial charge >= 0.3 is 5.97 Å². The van der Waals surface area contributed by atoms with Crippen LogP contribution in [0.5, 0.6) is 0 Å². The lowest BCUT2D eigenvalue weighted by Crippen LogP contribution is -2.51. The molecule has 4 nitrogen and oxygen atoms in total. The zero-order chi connectivity index (χ0) is 14.2. The van der Waals surface area contributed by atoms with Crippen molar-refractivity contribution in [3.63, 3.8) is 0 Å². The third kappa shape index (κ3) is 3.11. The van der Waals surface area contributed by atoms with Crippen molar-refractivity contribution in [3.05, 3.63) is 0 Å². The predicted molar refractivity (Wildman–Crippen MR) is 74.1 cm³/mol. The molecule has 0 radical (unpaired) electrons. The second-order valence-corrected chi connectivity index (χ2v) is 7.17. The first-order chi connectivity index (χ1) is 8.82. The van der Waals surface area contributed by atoms with Crippen LogP contribution in [0.3, 0.4) is 0 Å². The highest BCUT2D eigenvalue weighted by molar-refractivity contribution is 5.71. The van der Waals surface area contributed by atoms with E-state index < -0.39 is 5.97 Å². The normalized spacial score (nSPS) is 38.6. The van der Waals surface area contributed by atoms with Crippen molar-refractivity contribution < 1.29 is 14.6 Å². The van der Waals surface area contributed by atoms with Gasteiger partial charge < -0.3 is 9.84 Å². The van der Waals surface area contributed by atoms with Crippen molar-refractivity contribution in [1.82, 2.24) is 4.90 Å². The number of aliphatic carboxylic acids is 1. The van der Waals surface area contributed by atoms with E-state index in [0.29, 0.717) is 30.6 Å². The highest BCUT2D eigenvalue weighted by atomic mass is 16.5. The summed E-state index contributed by atoms with van der Waals surface area (Å²) in [5, 5.41) is 9.27. The summed E-state index contributed by atoms with van der Waals surface area (Å²) < 4.78 is 5.40. The second-order valence-electron chi connectivity index (χ2n) is 7.17. The Labute approximate surface area is 116 Å². The summed E-state index contributed by atoms with van der Waals surface area (Å²) in [5.74, 6) is -0.478. The van der Waals surface area contributed by atoms with E-state index in [1.54, 1.807) is 0 Å². The smallest absolute Gasteiger partial charge is 0.310 e. The highest BCUT2D eigenvalue weighted by Gasteiger charge is 2.42. The molecule has 0 aromatic carbocycles. The number of ether oxygens (including phenoxy) is 1. The van der Waals surface area contributed by atoms with Gasteiger partial charge in [0.05, 0.1) is 19.1 Å². The fourth-order valence-electron chi connectivity index (χ4n) is 3.96. The molecule has 1 aliphatic carbocycles. The number of likely N-dealkylation sites (N-methyl/N-ethyl adjacent to an activating group) is 1. The summed E-state index contributed by atoms with van der Waals surface area (Å²) >= 11 is 0. The molecule has 0 aromatic rings. The van der Waals surface area contributed by atoms with Gasteiger partial charge in [-0.05, 0) is 37.6 Å². The van der Waals surface area contributed by atoms with Gasteiger partial charge in [-0.2, -0.15) is 0 Å². The first-order valence-electron chi connectivity index (χ1n) is 7.34. The number of carboxylic acids is 1. The van der Waals surface area contributed by atoms with Gasteiger partial charge in [0.25, 0.3) is 0 Å². The van der Waals surface area contributed by atoms with E-state index in [1.807, 2.05) is 0 Å². The third-order valence-corrected chi connectivity index (χ3v) is 5.06. The Morgan fingerprint density at radius 3 is 2.58 bits per heavy atom. The van der Waals surface area contributed by atoms with Crippen LogP contribution in [0.1, 0.15) is 40.0 Å². The number of hydrogen-bond donors (Lipinski definition) is 1. The van der Waals surface area contributed by atoms with Crippen molar-refractivity contribution >= 4 is 5.97 Å². The first-order valence-corrected chi connectivity index (χ1v) is 7.34. The van der Waals surface area contributed by atoms with E-state index in [0.717, 1.165) is 6.42 Å². The third-order valence-electron chi connectivity index (χ3n) is 5.06. The Kier molecular flexibility index (Phi) is 4.21. The van der Waals surface area contributed by atoms with Gasteiger partial charge in [0.2, 0.25) is 0 Å². The summed E-state index contributed by atoms with van der Waals surface area (Å²) in [7, 11) is 2.08. The highest BCUT2D eigenvalue weighted by Crippen LogP contribution is 2.41. The molecule has 4 unspecified atom stereocenters. The Morgan fingerprint density at radius 2 is 2.00 bits per heavy atom. The van der Waals surface area contributed by atoms with Gasteiger partial charge in [0.15, 0.2) is 0 Å². The molecule has 0 spiro atoms. The first kappa shape index (κ1) is 14.8. The van der Waals surface area contributed by atoms with E-state index in [-0.39, 0.29) is 12.0 Å². The van der Waals surface area contributed by atoms with Gasteiger partial charge in [0.1, 0.15) is 0 Å². The quantitative estimate of drug-likeness (QED) is 0.853. The number of hydrogen-bond acceptors (Lipinski definition) is 3. The largest absolute Gasteiger partial charge is 0.481 e. The minimum absolute atomic E-state index is 0.0335. The molecule has 1 aliphatic heterocycles. The Bertz CT molecular complexity index is 342. The molecule has 2 fully saturated rings. The molecule has 1 saturated heterocycles. The number of carbonyl (C=O) groups is 1. The maximum Gasteiger partial charge on any atom is 0.310 e. The Balaban J connectivity index is 2.03. The zero-order valence-electron chi connectivity index (χ0n) is 12.6. The minimum Gasteiger partial charge on any atom is -0.481 e. The van der Waals surface area contributed by atoms with Crippen LogP contribution in [0.25, 0.3) is 0 Å². The van der Waals surface area contributed by atoms with Crippen molar-refractivity contribution in [1.29, 1.82) is 0 Å². The van der Waals surface area contributed by atoms with E-state index in [4.69, 9.17) is 4.74 Å². The predicted octanol–water partition coefficient (Wildman–Crippen LogP) is 2.23. The van der Waals surface area contributed by atoms with Gasteiger partial charge in [-0.1, -0.05) is 20.8 Å². The second kappa shape index (κ2) is 5.41. The molecule has 1 saturated carbocycles. The van der Waals surface area contributed by atoms with Gasteiger partial charge in [-0.3, -0.25) is 9.69 Å². The van der Waals surface area contributed by atoms with E-state index >= 15 is 0 Å². The maximum atomic E-state index is 11.3. The van der Waals surface area contributed by atoms with E-state index in [9.17, 15) is 9.90 Å². The van der Waals surface area contributed by atoms with Crippen LogP contribution >= 0.6 is 0 Å². The van der Waals surface area contributed by atoms with Crippen LogP contribution in [-0.4, -0.2) is 48.3 Å². The number of nitrogens with zero attached hydrogens (tertiary/aromatic N) is 1. The summed E-state index contributed by atoms with van der Waals surface area (Å²) in [5.41, 5.74) is 0.426. The van der Waals surface area contributed by atoms with Crippen LogP contribution in [-0.2, 0) is 9.53 Å². The Morgan fingerprint density at radius 1 is 1.32 bits per heavy atom. The zero-order valence-corrected chi connectivity index (χ0v) is 12.6. The summed E-state index contributed by atoms with van der Waals surface area (Å²) in [6.45, 7) is 7.88. The number of carboxylic acid groups (broad SMARTS) is 1. The molecule has 2 aliphatic rings. The van der Waals surface area contributed by atoms with Crippen molar-refractivity contribution in [2.45, 2.75) is 52.1 Å². The molecule has 19 heavy (non-hydrogen) atoms. The number of rotatable bonds is 3. The maximum absolute atomic E-state index is 11.3. The molecule has 0 amide bonds. The summed E-state index contributed by atoms with van der Waals surface area (Å²) in [6, 6.07) is 0.521. The molecule has 4 atom stereocenters. The summed E-state index contributed by atoms with van der Waals surface area (Å²) in [6.07, 6.45) is 3.60. The van der Waals surface area contributed by atoms with Gasteiger partial charge in [-0.15, -0.1) is 0 Å². The molecule has 0 aromatic heterocycles. The molecule has 110 valence electrons. The molecular formula is C15H27NO3. The fraction of sp³-hybridized carbons (Fsp3) is 0.933. The lowest BCUT2D eigenvalue weighted by molar-refractivity contribution is -0.143. The van der Waals surface area contributed by atoms with Crippen LogP contribution in [0.2, 0.25) is 0 Å². The molecule has 1 N–H and O–H groups in total. The van der Waals surface area contributed by atoms with Crippen LogP contribution < -0.4 is 0 Å². The topological polar surface area (TPSA) is 49.8 Å². The summed E-state index contributed by atoms with van der Waals surface area (Å²) in [4.78, 5) is 13.6. The SMILES string of the molecule is CC1CC(C)(C)CCC1N(C)C1COCC1C(=O)O. The molecule has 1 heterocycles. The fourth-order valence-corrected chi connectivity index (χ4v) is 3.96. The average Bonchev–Trinajstić information content (AvgIpc) is 2.75. The van der Waals surface area contributed by atoms with Crippen LogP contribution in [0.15, 0.2) is 0 Å². The molecule has 0 bridgehead atoms. The average molecular weight is 269 g/mol. The molecular weight excluding hydrogens is 242 g/mol.